The summed E-state index contributed by atoms with van der Waals surface area (Å²) in [6.45, 7) is 5.90. The van der Waals surface area contributed by atoms with Crippen LogP contribution >= 0.6 is 0 Å². The van der Waals surface area contributed by atoms with Gasteiger partial charge in [-0.3, -0.25) is 0 Å². The lowest BCUT2D eigenvalue weighted by atomic mass is 10.0. The van der Waals surface area contributed by atoms with Crippen LogP contribution < -0.4 is 4.72 Å². The van der Waals surface area contributed by atoms with Gasteiger partial charge in [-0.15, -0.1) is 0 Å². The number of benzene rings is 1. The highest BCUT2D eigenvalue weighted by Gasteiger charge is 2.20. The van der Waals surface area contributed by atoms with E-state index in [-0.39, 0.29) is 17.4 Å². The van der Waals surface area contributed by atoms with Crippen LogP contribution in [0.15, 0.2) is 29.2 Å². The van der Waals surface area contributed by atoms with Gasteiger partial charge in [0.2, 0.25) is 10.0 Å². The summed E-state index contributed by atoms with van der Waals surface area (Å²) in [6.07, 6.45) is 1.60. The van der Waals surface area contributed by atoms with E-state index in [9.17, 15) is 13.2 Å². The third kappa shape index (κ3) is 5.12. The first kappa shape index (κ1) is 15.9. The molecule has 0 bridgehead atoms. The summed E-state index contributed by atoms with van der Waals surface area (Å²) >= 11 is 0. The molecule has 0 saturated heterocycles. The molecular weight excluding hydrogens is 262 g/mol. The average Bonchev–Trinajstić information content (AvgIpc) is 2.28. The first-order valence-electron chi connectivity index (χ1n) is 6.38. The van der Waals surface area contributed by atoms with Crippen molar-refractivity contribution in [2.24, 2.45) is 5.92 Å². The second-order valence-corrected chi connectivity index (χ2v) is 6.88. The van der Waals surface area contributed by atoms with E-state index >= 15 is 0 Å². The average molecular weight is 283 g/mol. The molecule has 1 aromatic carbocycles. The summed E-state index contributed by atoms with van der Waals surface area (Å²) in [5.74, 6) is 0.325. The van der Waals surface area contributed by atoms with Gasteiger partial charge in [0, 0.05) is 12.5 Å². The number of sulfonamides is 1. The number of rotatable bonds is 7. The summed E-state index contributed by atoms with van der Waals surface area (Å²) in [5.41, 5.74) is 1.01. The van der Waals surface area contributed by atoms with Gasteiger partial charge in [-0.25, -0.2) is 13.1 Å². The minimum absolute atomic E-state index is 0.198. The molecule has 0 fully saturated rings. The van der Waals surface area contributed by atoms with E-state index in [4.69, 9.17) is 0 Å². The van der Waals surface area contributed by atoms with E-state index in [0.717, 1.165) is 11.8 Å². The zero-order valence-electron chi connectivity index (χ0n) is 11.6. The molecule has 1 N–H and O–H groups in total. The van der Waals surface area contributed by atoms with Gasteiger partial charge < -0.3 is 4.79 Å². The zero-order valence-corrected chi connectivity index (χ0v) is 12.4. The quantitative estimate of drug-likeness (QED) is 0.781. The van der Waals surface area contributed by atoms with Gasteiger partial charge in [-0.05, 0) is 31.4 Å². The van der Waals surface area contributed by atoms with Crippen LogP contribution in [-0.2, 0) is 14.8 Å². The highest BCUT2D eigenvalue weighted by molar-refractivity contribution is 7.89. The van der Waals surface area contributed by atoms with Crippen LogP contribution in [0.1, 0.15) is 32.3 Å². The van der Waals surface area contributed by atoms with Crippen molar-refractivity contribution in [3.63, 3.8) is 0 Å². The molecular formula is C14H21NO3S. The second-order valence-electron chi connectivity index (χ2n) is 5.16. The fraction of sp³-hybridized carbons (Fsp3) is 0.500. The summed E-state index contributed by atoms with van der Waals surface area (Å²) in [6, 6.07) is 6.32. The molecule has 1 rings (SSSR count). The molecule has 0 unspecified atom stereocenters. The summed E-state index contributed by atoms with van der Waals surface area (Å²) < 4.78 is 27.0. The third-order valence-electron chi connectivity index (χ3n) is 2.79. The van der Waals surface area contributed by atoms with Crippen LogP contribution in [0.25, 0.3) is 0 Å². The van der Waals surface area contributed by atoms with Crippen molar-refractivity contribution >= 4 is 16.3 Å². The SMILES string of the molecule is Cc1ccc(S(=O)(=O)N[C@@H](CC=O)CC(C)C)cc1. The predicted octanol–water partition coefficient (Wildman–Crippen LogP) is 2.28. The fourth-order valence-corrected chi connectivity index (χ4v) is 3.14. The topological polar surface area (TPSA) is 63.2 Å². The van der Waals surface area contributed by atoms with Crippen LogP contribution in [0.5, 0.6) is 0 Å². The molecule has 0 aliphatic carbocycles. The number of carbonyl (C=O) groups excluding carboxylic acids is 1. The maximum absolute atomic E-state index is 12.2. The van der Waals surface area contributed by atoms with Crippen molar-refractivity contribution in [1.82, 2.24) is 4.72 Å². The van der Waals surface area contributed by atoms with E-state index in [1.54, 1.807) is 24.3 Å². The van der Waals surface area contributed by atoms with Gasteiger partial charge in [-0.1, -0.05) is 31.5 Å². The highest BCUT2D eigenvalue weighted by Crippen LogP contribution is 2.14. The molecule has 0 aromatic heterocycles. The Morgan fingerprint density at radius 1 is 1.21 bits per heavy atom. The van der Waals surface area contributed by atoms with Gasteiger partial charge in [0.25, 0.3) is 0 Å². The monoisotopic (exact) mass is 283 g/mol. The van der Waals surface area contributed by atoms with Crippen molar-refractivity contribution in [2.45, 2.75) is 44.6 Å². The summed E-state index contributed by atoms with van der Waals surface area (Å²) in [5, 5.41) is 0. The predicted molar refractivity (Wildman–Crippen MR) is 75.4 cm³/mol. The molecule has 1 aromatic rings. The van der Waals surface area contributed by atoms with Crippen molar-refractivity contribution in [1.29, 1.82) is 0 Å². The molecule has 0 radical (unpaired) electrons. The van der Waals surface area contributed by atoms with Crippen LogP contribution in [-0.4, -0.2) is 20.7 Å². The molecule has 0 aliphatic heterocycles. The van der Waals surface area contributed by atoms with Crippen LogP contribution in [0.4, 0.5) is 0 Å². The Morgan fingerprint density at radius 2 is 1.79 bits per heavy atom. The van der Waals surface area contributed by atoms with Gasteiger partial charge in [0.15, 0.2) is 0 Å². The normalized spacial score (nSPS) is 13.5. The van der Waals surface area contributed by atoms with Crippen LogP contribution in [0.3, 0.4) is 0 Å². The maximum atomic E-state index is 12.2. The maximum Gasteiger partial charge on any atom is 0.240 e. The smallest absolute Gasteiger partial charge is 0.240 e. The Morgan fingerprint density at radius 3 is 2.26 bits per heavy atom. The number of carbonyl (C=O) groups is 1. The molecule has 0 heterocycles. The Bertz CT molecular complexity index is 506. The lowest BCUT2D eigenvalue weighted by Gasteiger charge is -2.18. The van der Waals surface area contributed by atoms with Crippen LogP contribution in [0, 0.1) is 12.8 Å². The number of nitrogens with one attached hydrogen (secondary N) is 1. The lowest BCUT2D eigenvalue weighted by molar-refractivity contribution is -0.108. The largest absolute Gasteiger partial charge is 0.303 e. The fourth-order valence-electron chi connectivity index (χ4n) is 1.88. The van der Waals surface area contributed by atoms with Crippen molar-refractivity contribution in [3.8, 4) is 0 Å². The molecule has 1 atom stereocenters. The molecule has 5 heteroatoms. The minimum atomic E-state index is -3.55. The van der Waals surface area contributed by atoms with Gasteiger partial charge in [0.05, 0.1) is 4.90 Å². The summed E-state index contributed by atoms with van der Waals surface area (Å²) in [7, 11) is -3.55. The van der Waals surface area contributed by atoms with Gasteiger partial charge in [0.1, 0.15) is 6.29 Å². The Kier molecular flexibility index (Phi) is 5.69. The molecule has 0 aliphatic rings. The highest BCUT2D eigenvalue weighted by atomic mass is 32.2. The van der Waals surface area contributed by atoms with E-state index in [1.807, 2.05) is 20.8 Å². The first-order chi connectivity index (χ1) is 8.85. The van der Waals surface area contributed by atoms with E-state index in [1.165, 1.54) is 0 Å². The van der Waals surface area contributed by atoms with Gasteiger partial charge >= 0.3 is 0 Å². The van der Waals surface area contributed by atoms with E-state index < -0.39 is 10.0 Å². The molecule has 0 saturated carbocycles. The Hall–Kier alpha value is -1.20. The Labute approximate surface area is 115 Å². The molecule has 0 spiro atoms. The van der Waals surface area contributed by atoms with Crippen LogP contribution in [0.2, 0.25) is 0 Å². The molecule has 106 valence electrons. The standard InChI is InChI=1S/C14H21NO3S/c1-11(2)10-13(8-9-16)15-19(17,18)14-6-4-12(3)5-7-14/h4-7,9,11,13,15H,8,10H2,1-3H3/t13-/m0/s1. The van der Waals surface area contributed by atoms with E-state index in [0.29, 0.717) is 12.3 Å². The zero-order chi connectivity index (χ0) is 14.5. The van der Waals surface area contributed by atoms with Crippen molar-refractivity contribution in [3.05, 3.63) is 29.8 Å². The van der Waals surface area contributed by atoms with E-state index in [2.05, 4.69) is 4.72 Å². The second kappa shape index (κ2) is 6.82. The lowest BCUT2D eigenvalue weighted by Crippen LogP contribution is -2.36. The summed E-state index contributed by atoms with van der Waals surface area (Å²) in [4.78, 5) is 10.9. The molecule has 0 amide bonds. The third-order valence-corrected chi connectivity index (χ3v) is 4.33. The van der Waals surface area contributed by atoms with Crippen molar-refractivity contribution < 1.29 is 13.2 Å². The minimum Gasteiger partial charge on any atom is -0.303 e. The number of aryl methyl sites for hydroxylation is 1. The number of aldehydes is 1. The molecule has 4 nitrogen and oxygen atoms in total. The Balaban J connectivity index is 2.87. The molecule has 19 heavy (non-hydrogen) atoms. The van der Waals surface area contributed by atoms with Crippen molar-refractivity contribution in [2.75, 3.05) is 0 Å². The number of hydrogen-bond acceptors (Lipinski definition) is 3. The van der Waals surface area contributed by atoms with Gasteiger partial charge in [-0.2, -0.15) is 0 Å². The number of hydrogen-bond donors (Lipinski definition) is 1. The first-order valence-corrected chi connectivity index (χ1v) is 7.86.